The summed E-state index contributed by atoms with van der Waals surface area (Å²) in [5.74, 6) is 0.295. The molecule has 2 aromatic rings. The van der Waals surface area contributed by atoms with Crippen LogP contribution in [0, 0.1) is 0 Å². The van der Waals surface area contributed by atoms with Crippen LogP contribution in [0.4, 0.5) is 0 Å². The third kappa shape index (κ3) is 3.20. The number of aromatic hydroxyl groups is 1. The van der Waals surface area contributed by atoms with Crippen LogP contribution in [0.1, 0.15) is 19.3 Å². The summed E-state index contributed by atoms with van der Waals surface area (Å²) in [5, 5.41) is 13.9. The first-order chi connectivity index (χ1) is 9.81. The van der Waals surface area contributed by atoms with Gasteiger partial charge in [0.15, 0.2) is 0 Å². The lowest BCUT2D eigenvalue weighted by Crippen LogP contribution is -2.32. The Kier molecular flexibility index (Phi) is 4.02. The molecule has 3 rings (SSSR count). The van der Waals surface area contributed by atoms with E-state index < -0.39 is 0 Å². The van der Waals surface area contributed by atoms with Gasteiger partial charge in [-0.1, -0.05) is 18.6 Å². The van der Waals surface area contributed by atoms with E-state index in [-0.39, 0.29) is 0 Å². The molecule has 0 radical (unpaired) electrons. The van der Waals surface area contributed by atoms with Gasteiger partial charge in [0, 0.05) is 18.3 Å². The number of benzene rings is 1. The molecule has 4 nitrogen and oxygen atoms in total. The van der Waals surface area contributed by atoms with E-state index in [2.05, 4.69) is 16.2 Å². The molecule has 0 spiro atoms. The molecule has 1 saturated heterocycles. The maximum Gasteiger partial charge on any atom is 0.116 e. The maximum absolute atomic E-state index is 9.52. The number of likely N-dealkylation sites (tertiary alicyclic amines) is 1. The Balaban J connectivity index is 1.61. The normalized spacial score (nSPS) is 16.4. The molecule has 1 aromatic carbocycles. The zero-order valence-corrected chi connectivity index (χ0v) is 11.7. The highest BCUT2D eigenvalue weighted by Crippen LogP contribution is 2.22. The van der Waals surface area contributed by atoms with Crippen LogP contribution in [0.25, 0.3) is 11.1 Å². The fourth-order valence-corrected chi connectivity index (χ4v) is 2.75. The van der Waals surface area contributed by atoms with Crippen molar-refractivity contribution in [3.05, 3.63) is 36.7 Å². The second-order valence-corrected chi connectivity index (χ2v) is 5.44. The fraction of sp³-hybridized carbons (Fsp3) is 0.438. The van der Waals surface area contributed by atoms with Crippen LogP contribution in [0.5, 0.6) is 5.75 Å². The van der Waals surface area contributed by atoms with Crippen molar-refractivity contribution in [1.82, 2.24) is 14.7 Å². The molecule has 0 aliphatic carbocycles. The molecule has 1 aliphatic rings. The number of rotatable bonds is 4. The van der Waals surface area contributed by atoms with Gasteiger partial charge in [0.1, 0.15) is 5.75 Å². The van der Waals surface area contributed by atoms with E-state index in [0.717, 1.165) is 24.2 Å². The number of phenols is 1. The van der Waals surface area contributed by atoms with Crippen LogP contribution in [-0.4, -0.2) is 39.4 Å². The second-order valence-electron chi connectivity index (χ2n) is 5.44. The Morgan fingerprint density at radius 3 is 2.70 bits per heavy atom. The summed E-state index contributed by atoms with van der Waals surface area (Å²) < 4.78 is 1.99. The van der Waals surface area contributed by atoms with Crippen LogP contribution in [-0.2, 0) is 6.54 Å². The third-order valence-corrected chi connectivity index (χ3v) is 3.91. The number of hydrogen-bond donors (Lipinski definition) is 1. The average molecular weight is 271 g/mol. The van der Waals surface area contributed by atoms with Crippen LogP contribution in [0.15, 0.2) is 36.7 Å². The lowest BCUT2D eigenvalue weighted by molar-refractivity contribution is 0.218. The van der Waals surface area contributed by atoms with Crippen molar-refractivity contribution in [2.45, 2.75) is 25.8 Å². The minimum absolute atomic E-state index is 0.295. The van der Waals surface area contributed by atoms with E-state index in [1.54, 1.807) is 12.1 Å². The Labute approximate surface area is 119 Å². The largest absolute Gasteiger partial charge is 0.508 e. The number of piperidine rings is 1. The average Bonchev–Trinajstić information content (AvgIpc) is 2.95. The molecular weight excluding hydrogens is 250 g/mol. The fourth-order valence-electron chi connectivity index (χ4n) is 2.75. The molecule has 0 atom stereocenters. The van der Waals surface area contributed by atoms with Gasteiger partial charge in [0.05, 0.1) is 12.7 Å². The standard InChI is InChI=1S/C16H21N3O/c20-16-6-4-5-14(11-16)15-12-17-19(13-15)10-9-18-7-2-1-3-8-18/h4-6,11-13,20H,1-3,7-10H2. The van der Waals surface area contributed by atoms with Crippen molar-refractivity contribution in [1.29, 1.82) is 0 Å². The first-order valence-corrected chi connectivity index (χ1v) is 7.35. The second kappa shape index (κ2) is 6.09. The van der Waals surface area contributed by atoms with E-state index in [9.17, 15) is 5.11 Å². The minimum Gasteiger partial charge on any atom is -0.508 e. The summed E-state index contributed by atoms with van der Waals surface area (Å²) in [6, 6.07) is 7.30. The zero-order valence-electron chi connectivity index (χ0n) is 11.7. The first kappa shape index (κ1) is 13.2. The maximum atomic E-state index is 9.52. The predicted octanol–water partition coefficient (Wildman–Crippen LogP) is 2.74. The Morgan fingerprint density at radius 2 is 1.90 bits per heavy atom. The SMILES string of the molecule is Oc1cccc(-c2cnn(CCN3CCCCC3)c2)c1. The van der Waals surface area contributed by atoms with Gasteiger partial charge >= 0.3 is 0 Å². The molecule has 0 saturated carbocycles. The first-order valence-electron chi connectivity index (χ1n) is 7.35. The summed E-state index contributed by atoms with van der Waals surface area (Å²) in [5.41, 5.74) is 2.06. The number of phenolic OH excluding ortho intramolecular Hbond substituents is 1. The Hall–Kier alpha value is -1.81. The lowest BCUT2D eigenvalue weighted by Gasteiger charge is -2.26. The molecular formula is C16H21N3O. The van der Waals surface area contributed by atoms with Crippen LogP contribution in [0.3, 0.4) is 0 Å². The van der Waals surface area contributed by atoms with E-state index >= 15 is 0 Å². The molecule has 106 valence electrons. The van der Waals surface area contributed by atoms with Crippen molar-refractivity contribution < 1.29 is 5.11 Å². The highest BCUT2D eigenvalue weighted by molar-refractivity contribution is 5.63. The highest BCUT2D eigenvalue weighted by atomic mass is 16.3. The molecule has 2 heterocycles. The van der Waals surface area contributed by atoms with Crippen molar-refractivity contribution >= 4 is 0 Å². The van der Waals surface area contributed by atoms with Gasteiger partial charge in [-0.05, 0) is 43.6 Å². The van der Waals surface area contributed by atoms with Gasteiger partial charge in [-0.2, -0.15) is 5.10 Å². The van der Waals surface area contributed by atoms with Crippen molar-refractivity contribution in [3.63, 3.8) is 0 Å². The zero-order chi connectivity index (χ0) is 13.8. The summed E-state index contributed by atoms with van der Waals surface area (Å²) >= 11 is 0. The van der Waals surface area contributed by atoms with E-state index in [1.807, 2.05) is 23.0 Å². The van der Waals surface area contributed by atoms with Gasteiger partial charge in [-0.25, -0.2) is 0 Å². The predicted molar refractivity (Wildman–Crippen MR) is 79.6 cm³/mol. The molecule has 1 N–H and O–H groups in total. The molecule has 4 heteroatoms. The molecule has 0 bridgehead atoms. The Bertz CT molecular complexity index is 558. The molecule has 1 fully saturated rings. The molecule has 1 aliphatic heterocycles. The quantitative estimate of drug-likeness (QED) is 0.929. The van der Waals surface area contributed by atoms with E-state index in [0.29, 0.717) is 5.75 Å². The van der Waals surface area contributed by atoms with E-state index in [4.69, 9.17) is 0 Å². The minimum atomic E-state index is 0.295. The van der Waals surface area contributed by atoms with Gasteiger partial charge in [0.25, 0.3) is 0 Å². The third-order valence-electron chi connectivity index (χ3n) is 3.91. The van der Waals surface area contributed by atoms with Gasteiger partial charge in [0.2, 0.25) is 0 Å². The summed E-state index contributed by atoms with van der Waals surface area (Å²) in [4.78, 5) is 2.51. The molecule has 1 aromatic heterocycles. The lowest BCUT2D eigenvalue weighted by atomic mass is 10.1. The van der Waals surface area contributed by atoms with Crippen molar-refractivity contribution in [2.24, 2.45) is 0 Å². The topological polar surface area (TPSA) is 41.3 Å². The monoisotopic (exact) mass is 271 g/mol. The van der Waals surface area contributed by atoms with Gasteiger partial charge < -0.3 is 10.0 Å². The molecule has 0 unspecified atom stereocenters. The number of aromatic nitrogens is 2. The summed E-state index contributed by atoms with van der Waals surface area (Å²) in [7, 11) is 0. The molecule has 0 amide bonds. The summed E-state index contributed by atoms with van der Waals surface area (Å²) in [6.45, 7) is 4.45. The van der Waals surface area contributed by atoms with E-state index in [1.165, 1.54) is 32.4 Å². The summed E-state index contributed by atoms with van der Waals surface area (Å²) in [6.07, 6.45) is 7.95. The number of hydrogen-bond acceptors (Lipinski definition) is 3. The van der Waals surface area contributed by atoms with Crippen LogP contribution in [0.2, 0.25) is 0 Å². The van der Waals surface area contributed by atoms with Crippen LogP contribution >= 0.6 is 0 Å². The van der Waals surface area contributed by atoms with Gasteiger partial charge in [-0.3, -0.25) is 4.68 Å². The molecule has 20 heavy (non-hydrogen) atoms. The van der Waals surface area contributed by atoms with Crippen LogP contribution < -0.4 is 0 Å². The van der Waals surface area contributed by atoms with Crippen molar-refractivity contribution in [3.8, 4) is 16.9 Å². The smallest absolute Gasteiger partial charge is 0.116 e. The Morgan fingerprint density at radius 1 is 1.05 bits per heavy atom. The highest BCUT2D eigenvalue weighted by Gasteiger charge is 2.10. The van der Waals surface area contributed by atoms with Crippen molar-refractivity contribution in [2.75, 3.05) is 19.6 Å². The van der Waals surface area contributed by atoms with Gasteiger partial charge in [-0.15, -0.1) is 0 Å². The number of nitrogens with zero attached hydrogens (tertiary/aromatic N) is 3.